The number of piperazine rings is 1. The third-order valence-corrected chi connectivity index (χ3v) is 5.66. The van der Waals surface area contributed by atoms with Gasteiger partial charge in [-0.1, -0.05) is 0 Å². The highest BCUT2D eigenvalue weighted by Crippen LogP contribution is 2.29. The number of carbonyl (C=O) groups is 1. The fraction of sp³-hybridized carbons (Fsp3) is 0.250. The molecule has 1 fully saturated rings. The number of aromatic nitrogens is 4. The Hall–Kier alpha value is -4.03. The van der Waals surface area contributed by atoms with Crippen LogP contribution >= 0.6 is 0 Å². The van der Waals surface area contributed by atoms with Crippen LogP contribution in [0.15, 0.2) is 43.0 Å². The van der Waals surface area contributed by atoms with E-state index >= 15 is 0 Å². The molecule has 1 saturated heterocycles. The van der Waals surface area contributed by atoms with Crippen LogP contribution in [0.1, 0.15) is 29.9 Å². The normalized spacial score (nSPS) is 18.4. The Morgan fingerprint density at radius 1 is 1.18 bits per heavy atom. The van der Waals surface area contributed by atoms with Gasteiger partial charge in [-0.25, -0.2) is 9.37 Å². The first-order chi connectivity index (χ1) is 15.9. The largest absolute Gasteiger partial charge is 0.367 e. The summed E-state index contributed by atoms with van der Waals surface area (Å²) in [5, 5.41) is 6.27. The molecule has 1 amide bonds. The molecule has 1 aromatic carbocycles. The van der Waals surface area contributed by atoms with Crippen LogP contribution in [0.25, 0.3) is 16.7 Å². The van der Waals surface area contributed by atoms with Gasteiger partial charge >= 0.3 is 0 Å². The number of anilines is 2. The molecule has 5 rings (SSSR count). The molecule has 4 heterocycles. The van der Waals surface area contributed by atoms with Crippen molar-refractivity contribution in [2.75, 3.05) is 23.3 Å². The zero-order valence-electron chi connectivity index (χ0n) is 18.2. The van der Waals surface area contributed by atoms with E-state index in [2.05, 4.69) is 50.3 Å². The van der Waals surface area contributed by atoms with E-state index in [0.29, 0.717) is 34.4 Å². The summed E-state index contributed by atoms with van der Waals surface area (Å²) in [6, 6.07) is 5.50. The molecule has 33 heavy (non-hydrogen) atoms. The number of rotatable bonds is 3. The SMILES string of the molecule is C#Cc1cn2cc(NC(=O)c3ccc(N4CC(C)NC(C)C4)c4nccnc34)cc(F)c2n1. The highest BCUT2D eigenvalue weighted by atomic mass is 19.1. The lowest BCUT2D eigenvalue weighted by Gasteiger charge is -2.38. The molecule has 2 atom stereocenters. The Morgan fingerprint density at radius 3 is 2.64 bits per heavy atom. The van der Waals surface area contributed by atoms with Crippen LogP contribution in [0.2, 0.25) is 0 Å². The topological polar surface area (TPSA) is 87.5 Å². The summed E-state index contributed by atoms with van der Waals surface area (Å²) >= 11 is 0. The van der Waals surface area contributed by atoms with E-state index in [1.165, 1.54) is 16.7 Å². The van der Waals surface area contributed by atoms with Crippen molar-refractivity contribution in [2.24, 2.45) is 0 Å². The van der Waals surface area contributed by atoms with Crippen LogP contribution in [0, 0.1) is 18.2 Å². The van der Waals surface area contributed by atoms with E-state index in [1.54, 1.807) is 24.7 Å². The molecule has 0 aliphatic carbocycles. The number of hydrogen-bond acceptors (Lipinski definition) is 6. The van der Waals surface area contributed by atoms with Crippen molar-refractivity contribution in [3.8, 4) is 12.3 Å². The number of terminal acetylenes is 1. The fourth-order valence-electron chi connectivity index (χ4n) is 4.40. The Kier molecular flexibility index (Phi) is 5.15. The molecule has 9 heteroatoms. The molecule has 0 radical (unpaired) electrons. The van der Waals surface area contributed by atoms with Crippen molar-refractivity contribution in [3.63, 3.8) is 0 Å². The van der Waals surface area contributed by atoms with Gasteiger partial charge in [-0.15, -0.1) is 6.42 Å². The van der Waals surface area contributed by atoms with Gasteiger partial charge in [-0.05, 0) is 31.9 Å². The van der Waals surface area contributed by atoms with Crippen molar-refractivity contribution in [3.05, 3.63) is 60.1 Å². The minimum atomic E-state index is -0.587. The van der Waals surface area contributed by atoms with Gasteiger partial charge in [-0.2, -0.15) is 0 Å². The summed E-state index contributed by atoms with van der Waals surface area (Å²) in [4.78, 5) is 28.4. The predicted molar refractivity (Wildman–Crippen MR) is 125 cm³/mol. The quantitative estimate of drug-likeness (QED) is 0.474. The smallest absolute Gasteiger partial charge is 0.257 e. The molecular weight excluding hydrogens is 421 g/mol. The van der Waals surface area contributed by atoms with Crippen molar-refractivity contribution in [1.82, 2.24) is 24.7 Å². The number of imidazole rings is 1. The Morgan fingerprint density at radius 2 is 1.91 bits per heavy atom. The lowest BCUT2D eigenvalue weighted by atomic mass is 10.1. The van der Waals surface area contributed by atoms with Crippen LogP contribution in [0.5, 0.6) is 0 Å². The predicted octanol–water partition coefficient (Wildman–Crippen LogP) is 2.84. The lowest BCUT2D eigenvalue weighted by Crippen LogP contribution is -2.54. The lowest BCUT2D eigenvalue weighted by molar-refractivity contribution is 0.102. The number of nitrogens with one attached hydrogen (secondary N) is 2. The van der Waals surface area contributed by atoms with Gasteiger partial charge in [-0.3, -0.25) is 14.8 Å². The first kappa shape index (κ1) is 20.8. The van der Waals surface area contributed by atoms with Crippen molar-refractivity contribution >= 4 is 34.0 Å². The summed E-state index contributed by atoms with van der Waals surface area (Å²) in [5.41, 5.74) is 3.12. The monoisotopic (exact) mass is 443 g/mol. The van der Waals surface area contributed by atoms with Gasteiger partial charge in [0.05, 0.1) is 16.9 Å². The van der Waals surface area contributed by atoms with E-state index in [0.717, 1.165) is 18.8 Å². The van der Waals surface area contributed by atoms with Gasteiger partial charge in [0.15, 0.2) is 11.5 Å². The highest BCUT2D eigenvalue weighted by molar-refractivity contribution is 6.13. The van der Waals surface area contributed by atoms with E-state index in [9.17, 15) is 9.18 Å². The number of benzene rings is 1. The maximum Gasteiger partial charge on any atom is 0.257 e. The van der Waals surface area contributed by atoms with Gasteiger partial charge in [0, 0.05) is 56.0 Å². The second-order valence-corrected chi connectivity index (χ2v) is 8.29. The third-order valence-electron chi connectivity index (χ3n) is 5.66. The second-order valence-electron chi connectivity index (χ2n) is 8.29. The molecule has 4 aromatic rings. The number of hydrogen-bond donors (Lipinski definition) is 2. The molecule has 0 spiro atoms. The van der Waals surface area contributed by atoms with Crippen LogP contribution in [0.4, 0.5) is 15.8 Å². The van der Waals surface area contributed by atoms with Crippen molar-refractivity contribution in [1.29, 1.82) is 0 Å². The first-order valence-electron chi connectivity index (χ1n) is 10.6. The van der Waals surface area contributed by atoms with Crippen LogP contribution in [-0.4, -0.2) is 50.4 Å². The minimum Gasteiger partial charge on any atom is -0.367 e. The highest BCUT2D eigenvalue weighted by Gasteiger charge is 2.24. The summed E-state index contributed by atoms with van der Waals surface area (Å²) < 4.78 is 15.9. The summed E-state index contributed by atoms with van der Waals surface area (Å²) in [6.45, 7) is 5.93. The average Bonchev–Trinajstić information content (AvgIpc) is 3.21. The molecular formula is C24H22FN7O. The van der Waals surface area contributed by atoms with Crippen LogP contribution in [-0.2, 0) is 0 Å². The molecule has 3 aromatic heterocycles. The number of halogens is 1. The molecule has 166 valence electrons. The summed E-state index contributed by atoms with van der Waals surface area (Å²) in [7, 11) is 0. The zero-order valence-corrected chi connectivity index (χ0v) is 18.2. The zero-order chi connectivity index (χ0) is 23.1. The molecule has 8 nitrogen and oxygen atoms in total. The molecule has 1 aliphatic rings. The van der Waals surface area contributed by atoms with Gasteiger partial charge in [0.25, 0.3) is 5.91 Å². The first-order valence-corrected chi connectivity index (χ1v) is 10.6. The number of nitrogens with zero attached hydrogens (tertiary/aromatic N) is 5. The fourth-order valence-corrected chi connectivity index (χ4v) is 4.40. The molecule has 2 N–H and O–H groups in total. The third kappa shape index (κ3) is 3.85. The molecule has 1 aliphatic heterocycles. The second kappa shape index (κ2) is 8.15. The van der Waals surface area contributed by atoms with Gasteiger partial charge in [0.2, 0.25) is 0 Å². The summed E-state index contributed by atoms with van der Waals surface area (Å²) in [5.74, 6) is 1.38. The Labute approximate surface area is 189 Å². The van der Waals surface area contributed by atoms with Crippen molar-refractivity contribution in [2.45, 2.75) is 25.9 Å². The molecule has 0 saturated carbocycles. The minimum absolute atomic E-state index is 0.0982. The van der Waals surface area contributed by atoms with Gasteiger partial charge in [0.1, 0.15) is 16.7 Å². The van der Waals surface area contributed by atoms with Crippen LogP contribution < -0.4 is 15.5 Å². The van der Waals surface area contributed by atoms with E-state index in [4.69, 9.17) is 6.42 Å². The number of carbonyl (C=O) groups excluding carboxylic acids is 1. The standard InChI is InChI=1S/C24H22FN7O/c1-4-16-12-32-13-17(9-19(25)23(32)29-16)30-24(33)18-5-6-20(22-21(18)26-7-8-27-22)31-10-14(2)28-15(3)11-31/h1,5-9,12-15,28H,10-11H2,2-3H3,(H,30,33). The maximum atomic E-state index is 14.5. The van der Waals surface area contributed by atoms with E-state index < -0.39 is 11.7 Å². The number of fused-ring (bicyclic) bond motifs is 2. The van der Waals surface area contributed by atoms with Gasteiger partial charge < -0.3 is 19.9 Å². The van der Waals surface area contributed by atoms with E-state index in [1.807, 2.05) is 6.07 Å². The maximum absolute atomic E-state index is 14.5. The van der Waals surface area contributed by atoms with Crippen LogP contribution in [0.3, 0.4) is 0 Å². The molecule has 2 unspecified atom stereocenters. The van der Waals surface area contributed by atoms with E-state index in [-0.39, 0.29) is 11.3 Å². The Bertz CT molecular complexity index is 1410. The number of amides is 1. The summed E-state index contributed by atoms with van der Waals surface area (Å²) in [6.07, 6.45) is 11.6. The number of pyridine rings is 1. The Balaban J connectivity index is 1.50. The van der Waals surface area contributed by atoms with Crippen molar-refractivity contribution < 1.29 is 9.18 Å². The average molecular weight is 443 g/mol. The molecule has 0 bridgehead atoms.